The predicted octanol–water partition coefficient (Wildman–Crippen LogP) is 1.20. The monoisotopic (exact) mass is 342 g/mol. The lowest BCUT2D eigenvalue weighted by molar-refractivity contribution is -0.114. The lowest BCUT2D eigenvalue weighted by Gasteiger charge is -2.12. The first-order valence-electron chi connectivity index (χ1n) is 6.49. The Bertz CT molecular complexity index is 697. The van der Waals surface area contributed by atoms with Gasteiger partial charge in [-0.25, -0.2) is 4.72 Å². The largest absolute Gasteiger partial charge is 0.504 e. The van der Waals surface area contributed by atoms with Crippen LogP contribution in [-0.2, 0) is 35.5 Å². The van der Waals surface area contributed by atoms with Gasteiger partial charge in [0.1, 0.15) is 6.61 Å². The van der Waals surface area contributed by atoms with Gasteiger partial charge in [-0.3, -0.25) is 8.98 Å². The quantitative estimate of drug-likeness (QED) is 0.330. The minimum atomic E-state index is -4.17. The van der Waals surface area contributed by atoms with Crippen LogP contribution in [0, 0.1) is 0 Å². The molecular formula is C14H18N2O6S. The van der Waals surface area contributed by atoms with E-state index in [0.29, 0.717) is 11.1 Å². The molecule has 0 bridgehead atoms. The summed E-state index contributed by atoms with van der Waals surface area (Å²) in [6.07, 6.45) is 2.62. The second-order valence-corrected chi connectivity index (χ2v) is 5.56. The average molecular weight is 342 g/mol. The second-order valence-electron chi connectivity index (χ2n) is 4.11. The summed E-state index contributed by atoms with van der Waals surface area (Å²) in [5.41, 5.74) is 1.09. The molecule has 1 aromatic rings. The number of hydrogen-bond acceptors (Lipinski definition) is 7. The Balaban J connectivity index is 3.16. The lowest BCUT2D eigenvalue weighted by Crippen LogP contribution is -2.32. The van der Waals surface area contributed by atoms with Crippen molar-refractivity contribution >= 4 is 28.0 Å². The molecular weight excluding hydrogens is 324 g/mol. The van der Waals surface area contributed by atoms with Gasteiger partial charge in [-0.15, -0.1) is 0 Å². The summed E-state index contributed by atoms with van der Waals surface area (Å²) in [7, 11) is -1.88. The number of nitrogens with zero attached hydrogens (tertiary/aromatic N) is 1. The Morgan fingerprint density at radius 3 is 2.61 bits per heavy atom. The topological polar surface area (TPSA) is 103 Å². The van der Waals surface area contributed by atoms with Gasteiger partial charge in [-0.1, -0.05) is 29.4 Å². The summed E-state index contributed by atoms with van der Waals surface area (Å²) in [4.78, 5) is 17.3. The van der Waals surface area contributed by atoms with Crippen molar-refractivity contribution in [1.82, 2.24) is 4.72 Å². The van der Waals surface area contributed by atoms with E-state index in [-0.39, 0.29) is 12.2 Å². The molecule has 0 unspecified atom stereocenters. The summed E-state index contributed by atoms with van der Waals surface area (Å²) in [5, 5.41) is 3.64. The highest BCUT2D eigenvalue weighted by Gasteiger charge is 2.21. The van der Waals surface area contributed by atoms with Gasteiger partial charge >= 0.3 is 10.3 Å². The van der Waals surface area contributed by atoms with Crippen molar-refractivity contribution in [2.45, 2.75) is 13.5 Å². The van der Waals surface area contributed by atoms with Gasteiger partial charge in [-0.05, 0) is 12.5 Å². The summed E-state index contributed by atoms with van der Waals surface area (Å²) >= 11 is 0. The van der Waals surface area contributed by atoms with E-state index in [1.165, 1.54) is 13.3 Å². The van der Waals surface area contributed by atoms with Crippen molar-refractivity contribution in [3.8, 4) is 0 Å². The van der Waals surface area contributed by atoms with Crippen LogP contribution >= 0.6 is 0 Å². The molecule has 0 aliphatic rings. The Labute approximate surface area is 135 Å². The van der Waals surface area contributed by atoms with Crippen molar-refractivity contribution in [3.05, 3.63) is 41.7 Å². The fourth-order valence-electron chi connectivity index (χ4n) is 1.66. The zero-order valence-electron chi connectivity index (χ0n) is 13.0. The number of rotatable bonds is 8. The minimum absolute atomic E-state index is 0.00723. The first-order valence-corrected chi connectivity index (χ1v) is 7.90. The third kappa shape index (κ3) is 5.72. The van der Waals surface area contributed by atoms with E-state index < -0.39 is 16.2 Å². The summed E-state index contributed by atoms with van der Waals surface area (Å²) in [6.45, 7) is 1.80. The van der Waals surface area contributed by atoms with E-state index in [1.54, 1.807) is 35.9 Å². The molecule has 0 saturated carbocycles. The van der Waals surface area contributed by atoms with Crippen molar-refractivity contribution in [2.24, 2.45) is 5.16 Å². The molecule has 0 heterocycles. The van der Waals surface area contributed by atoms with Crippen molar-refractivity contribution in [2.75, 3.05) is 14.2 Å². The van der Waals surface area contributed by atoms with E-state index in [4.69, 9.17) is 9.57 Å². The number of carbonyl (C=O) groups excluding carboxylic acids is 1. The predicted molar refractivity (Wildman–Crippen MR) is 84.5 cm³/mol. The zero-order valence-corrected chi connectivity index (χ0v) is 13.8. The van der Waals surface area contributed by atoms with Crippen molar-refractivity contribution in [3.63, 3.8) is 0 Å². The number of oxime groups is 1. The Hall–Kier alpha value is -2.39. The van der Waals surface area contributed by atoms with Crippen LogP contribution in [-0.4, -0.2) is 34.8 Å². The number of methoxy groups -OCH3 is 1. The summed E-state index contributed by atoms with van der Waals surface area (Å²) < 4.78 is 33.6. The summed E-state index contributed by atoms with van der Waals surface area (Å²) in [6, 6.07) is 6.82. The first-order chi connectivity index (χ1) is 10.9. The molecule has 0 spiro atoms. The van der Waals surface area contributed by atoms with E-state index >= 15 is 0 Å². The third-order valence-corrected chi connectivity index (χ3v) is 3.50. The van der Waals surface area contributed by atoms with Gasteiger partial charge in [0.15, 0.2) is 0 Å². The lowest BCUT2D eigenvalue weighted by atomic mass is 10.0. The van der Waals surface area contributed by atoms with Crippen LogP contribution in [0.5, 0.6) is 0 Å². The normalized spacial score (nSPS) is 12.2. The number of amides is 1. The maximum atomic E-state index is 12.2. The molecule has 9 heteroatoms. The number of ether oxygens (including phenoxy) is 1. The van der Waals surface area contributed by atoms with E-state index in [1.807, 2.05) is 0 Å². The molecule has 0 fully saturated rings. The molecule has 1 aromatic carbocycles. The highest BCUT2D eigenvalue weighted by Crippen LogP contribution is 2.21. The van der Waals surface area contributed by atoms with Crippen LogP contribution in [0.3, 0.4) is 0 Å². The molecule has 1 amide bonds. The first kappa shape index (κ1) is 18.7. The Morgan fingerprint density at radius 2 is 2.00 bits per heavy atom. The maximum Gasteiger partial charge on any atom is 0.362 e. The van der Waals surface area contributed by atoms with E-state index in [9.17, 15) is 13.2 Å². The molecule has 8 nitrogen and oxygen atoms in total. The molecule has 0 radical (unpaired) electrons. The van der Waals surface area contributed by atoms with Crippen LogP contribution in [0.1, 0.15) is 18.1 Å². The Morgan fingerprint density at radius 1 is 1.30 bits per heavy atom. The van der Waals surface area contributed by atoms with Crippen LogP contribution < -0.4 is 4.72 Å². The fourth-order valence-corrected chi connectivity index (χ4v) is 2.08. The van der Waals surface area contributed by atoms with E-state index in [2.05, 4.69) is 9.34 Å². The summed E-state index contributed by atoms with van der Waals surface area (Å²) in [5.74, 6) is -0.889. The molecule has 0 aliphatic carbocycles. The average Bonchev–Trinajstić information content (AvgIpc) is 2.53. The number of nitrogens with one attached hydrogen (secondary N) is 1. The van der Waals surface area contributed by atoms with Crippen LogP contribution in [0.2, 0.25) is 0 Å². The maximum absolute atomic E-state index is 12.2. The van der Waals surface area contributed by atoms with Crippen molar-refractivity contribution < 1.29 is 27.0 Å². The van der Waals surface area contributed by atoms with Gasteiger partial charge in [0.05, 0.1) is 26.1 Å². The highest BCUT2D eigenvalue weighted by molar-refractivity contribution is 7.85. The second kappa shape index (κ2) is 8.91. The SMILES string of the molecule is C/C=N\OCc1ccccc1/C(=C\OC)C(=O)NS(=O)(=O)OC. The van der Waals surface area contributed by atoms with Gasteiger partial charge in [-0.2, -0.15) is 8.42 Å². The van der Waals surface area contributed by atoms with Crippen LogP contribution in [0.15, 0.2) is 35.7 Å². The van der Waals surface area contributed by atoms with E-state index in [0.717, 1.165) is 13.4 Å². The number of carbonyl (C=O) groups is 1. The molecule has 0 aromatic heterocycles. The third-order valence-electron chi connectivity index (χ3n) is 2.62. The molecule has 0 atom stereocenters. The van der Waals surface area contributed by atoms with Gasteiger partial charge in [0, 0.05) is 11.8 Å². The molecule has 126 valence electrons. The van der Waals surface area contributed by atoms with Crippen LogP contribution in [0.4, 0.5) is 0 Å². The fraction of sp³-hybridized carbons (Fsp3) is 0.286. The standard InChI is InChI=1S/C14H18N2O6S/c1-4-15-22-9-11-7-5-6-8-12(11)13(10-20-2)14(17)16-23(18,19)21-3/h4-8,10H,9H2,1-3H3,(H,16,17)/b13-10+,15-4-. The number of benzene rings is 1. The minimum Gasteiger partial charge on any atom is -0.504 e. The zero-order chi connectivity index (χ0) is 17.3. The van der Waals surface area contributed by atoms with Crippen molar-refractivity contribution in [1.29, 1.82) is 0 Å². The Kier molecular flexibility index (Phi) is 7.23. The molecule has 0 aliphatic heterocycles. The molecule has 1 N–H and O–H groups in total. The highest BCUT2D eigenvalue weighted by atomic mass is 32.2. The molecule has 23 heavy (non-hydrogen) atoms. The molecule has 1 rings (SSSR count). The van der Waals surface area contributed by atoms with Gasteiger partial charge in [0.25, 0.3) is 5.91 Å². The smallest absolute Gasteiger partial charge is 0.362 e. The van der Waals surface area contributed by atoms with Gasteiger partial charge < -0.3 is 9.57 Å². The number of hydrogen-bond donors (Lipinski definition) is 1. The van der Waals surface area contributed by atoms with Crippen LogP contribution in [0.25, 0.3) is 5.57 Å². The molecule has 0 saturated heterocycles. The van der Waals surface area contributed by atoms with Gasteiger partial charge in [0.2, 0.25) is 0 Å².